The SMILES string of the molecule is O=C(NCC(O)CN1CCc2ccccc2C1)c1cc(NC2CCC2)nc(N2CCCCC2)c1. The number of carbonyl (C=O) groups excluding carboxylic acids is 1. The largest absolute Gasteiger partial charge is 0.390 e. The van der Waals surface area contributed by atoms with Crippen molar-refractivity contribution in [3.05, 3.63) is 53.1 Å². The Morgan fingerprint density at radius 3 is 2.62 bits per heavy atom. The molecular formula is C27H37N5O2. The Morgan fingerprint density at radius 2 is 1.85 bits per heavy atom. The van der Waals surface area contributed by atoms with E-state index in [1.54, 1.807) is 0 Å². The highest BCUT2D eigenvalue weighted by Crippen LogP contribution is 2.26. The molecule has 5 rings (SSSR count). The predicted molar refractivity (Wildman–Crippen MR) is 135 cm³/mol. The summed E-state index contributed by atoms with van der Waals surface area (Å²) in [6.07, 6.45) is 7.54. The van der Waals surface area contributed by atoms with Crippen molar-refractivity contribution < 1.29 is 9.90 Å². The second-order valence-electron chi connectivity index (χ2n) is 10.0. The van der Waals surface area contributed by atoms with Crippen molar-refractivity contribution in [3.8, 4) is 0 Å². The molecule has 1 aromatic carbocycles. The molecule has 0 spiro atoms. The molecule has 2 aromatic rings. The van der Waals surface area contributed by atoms with Gasteiger partial charge in [0.25, 0.3) is 5.91 Å². The molecule has 0 radical (unpaired) electrons. The summed E-state index contributed by atoms with van der Waals surface area (Å²) in [7, 11) is 0. The highest BCUT2D eigenvalue weighted by molar-refractivity contribution is 5.95. The number of amides is 1. The number of pyridine rings is 1. The summed E-state index contributed by atoms with van der Waals surface area (Å²) in [5.41, 5.74) is 3.34. The summed E-state index contributed by atoms with van der Waals surface area (Å²) >= 11 is 0. The van der Waals surface area contributed by atoms with Gasteiger partial charge in [-0.05, 0) is 68.2 Å². The highest BCUT2D eigenvalue weighted by Gasteiger charge is 2.22. The lowest BCUT2D eigenvalue weighted by Gasteiger charge is -2.31. The Kier molecular flexibility index (Phi) is 7.30. The maximum atomic E-state index is 13.1. The fourth-order valence-corrected chi connectivity index (χ4v) is 5.15. The van der Waals surface area contributed by atoms with Crippen LogP contribution in [-0.2, 0) is 13.0 Å². The first-order chi connectivity index (χ1) is 16.6. The summed E-state index contributed by atoms with van der Waals surface area (Å²) < 4.78 is 0. The van der Waals surface area contributed by atoms with Crippen LogP contribution >= 0.6 is 0 Å². The lowest BCUT2D eigenvalue weighted by molar-refractivity contribution is 0.0842. The molecule has 0 bridgehead atoms. The molecule has 2 aliphatic heterocycles. The van der Waals surface area contributed by atoms with Gasteiger partial charge in [-0.1, -0.05) is 24.3 Å². The highest BCUT2D eigenvalue weighted by atomic mass is 16.3. The van der Waals surface area contributed by atoms with Crippen molar-refractivity contribution >= 4 is 17.5 Å². The molecule has 1 atom stereocenters. The number of carbonyl (C=O) groups is 1. The molecule has 3 heterocycles. The van der Waals surface area contributed by atoms with Gasteiger partial charge >= 0.3 is 0 Å². The second-order valence-corrected chi connectivity index (χ2v) is 10.0. The number of hydrogen-bond donors (Lipinski definition) is 3. The fourth-order valence-electron chi connectivity index (χ4n) is 5.15. The first-order valence-corrected chi connectivity index (χ1v) is 12.9. The molecule has 1 amide bonds. The Bertz CT molecular complexity index is 987. The van der Waals surface area contributed by atoms with Crippen LogP contribution in [0.5, 0.6) is 0 Å². The van der Waals surface area contributed by atoms with Crippen molar-refractivity contribution in [2.45, 2.75) is 63.6 Å². The third kappa shape index (κ3) is 5.70. The zero-order valence-electron chi connectivity index (χ0n) is 20.0. The average Bonchev–Trinajstić information content (AvgIpc) is 2.85. The first-order valence-electron chi connectivity index (χ1n) is 12.9. The number of nitrogens with zero attached hydrogens (tertiary/aromatic N) is 3. The van der Waals surface area contributed by atoms with Crippen LogP contribution in [0.1, 0.15) is 60.0 Å². The van der Waals surface area contributed by atoms with E-state index >= 15 is 0 Å². The van der Waals surface area contributed by atoms with E-state index in [1.165, 1.54) is 24.0 Å². The zero-order valence-corrected chi connectivity index (χ0v) is 20.0. The van der Waals surface area contributed by atoms with Gasteiger partial charge in [-0.2, -0.15) is 0 Å². The van der Waals surface area contributed by atoms with E-state index in [1.807, 2.05) is 12.1 Å². The van der Waals surface area contributed by atoms with Gasteiger partial charge in [0.2, 0.25) is 0 Å². The Labute approximate surface area is 202 Å². The molecule has 1 aromatic heterocycles. The predicted octanol–water partition coefficient (Wildman–Crippen LogP) is 3.19. The number of piperidine rings is 1. The summed E-state index contributed by atoms with van der Waals surface area (Å²) in [5, 5.41) is 17.1. The number of benzene rings is 1. The molecule has 3 aliphatic rings. The zero-order chi connectivity index (χ0) is 23.3. The number of anilines is 2. The van der Waals surface area contributed by atoms with Gasteiger partial charge in [-0.25, -0.2) is 4.98 Å². The van der Waals surface area contributed by atoms with Gasteiger partial charge in [0, 0.05) is 50.9 Å². The molecule has 2 fully saturated rings. The standard InChI is InChI=1S/C27H37N5O2/c33-24(19-31-14-11-20-7-2-3-8-21(20)18-31)17-28-27(34)22-15-25(29-23-9-6-10-23)30-26(16-22)32-12-4-1-5-13-32/h2-3,7-8,15-16,23-24,33H,1,4-6,9-14,17-19H2,(H,28,34)(H,29,30). The number of aliphatic hydroxyl groups excluding tert-OH is 1. The molecule has 1 unspecified atom stereocenters. The average molecular weight is 464 g/mol. The summed E-state index contributed by atoms with van der Waals surface area (Å²) in [6, 6.07) is 12.7. The van der Waals surface area contributed by atoms with Crippen LogP contribution in [0.3, 0.4) is 0 Å². The van der Waals surface area contributed by atoms with Crippen LogP contribution in [0.4, 0.5) is 11.6 Å². The van der Waals surface area contributed by atoms with E-state index < -0.39 is 6.10 Å². The van der Waals surface area contributed by atoms with Crippen molar-refractivity contribution in [3.63, 3.8) is 0 Å². The van der Waals surface area contributed by atoms with Crippen molar-refractivity contribution in [1.29, 1.82) is 0 Å². The van der Waals surface area contributed by atoms with Gasteiger partial charge < -0.3 is 20.6 Å². The third-order valence-electron chi connectivity index (χ3n) is 7.39. The van der Waals surface area contributed by atoms with E-state index in [0.29, 0.717) is 18.2 Å². The van der Waals surface area contributed by atoms with E-state index in [2.05, 4.69) is 44.7 Å². The minimum atomic E-state index is -0.606. The van der Waals surface area contributed by atoms with Crippen molar-refractivity contribution in [2.24, 2.45) is 0 Å². The molecule has 7 heteroatoms. The quantitative estimate of drug-likeness (QED) is 0.558. The maximum absolute atomic E-state index is 13.1. The van der Waals surface area contributed by atoms with Crippen LogP contribution in [0.25, 0.3) is 0 Å². The topological polar surface area (TPSA) is 80.7 Å². The van der Waals surface area contributed by atoms with E-state index in [-0.39, 0.29) is 12.5 Å². The van der Waals surface area contributed by atoms with E-state index in [0.717, 1.165) is 69.9 Å². The number of fused-ring (bicyclic) bond motifs is 1. The van der Waals surface area contributed by atoms with Gasteiger partial charge in [-0.15, -0.1) is 0 Å². The molecule has 182 valence electrons. The number of aliphatic hydroxyl groups is 1. The summed E-state index contributed by atoms with van der Waals surface area (Å²) in [4.78, 5) is 22.4. The third-order valence-corrected chi connectivity index (χ3v) is 7.39. The minimum absolute atomic E-state index is 0.152. The van der Waals surface area contributed by atoms with Gasteiger partial charge in [0.15, 0.2) is 0 Å². The molecular weight excluding hydrogens is 426 g/mol. The number of hydrogen-bond acceptors (Lipinski definition) is 6. The molecule has 7 nitrogen and oxygen atoms in total. The normalized spacial score (nSPS) is 19.7. The Balaban J connectivity index is 1.19. The van der Waals surface area contributed by atoms with Gasteiger partial charge in [-0.3, -0.25) is 9.69 Å². The molecule has 1 saturated heterocycles. The van der Waals surface area contributed by atoms with Crippen molar-refractivity contribution in [2.75, 3.05) is 42.9 Å². The van der Waals surface area contributed by atoms with Gasteiger partial charge in [0.05, 0.1) is 6.10 Å². The first kappa shape index (κ1) is 23.1. The molecule has 34 heavy (non-hydrogen) atoms. The number of aromatic nitrogens is 1. The fraction of sp³-hybridized carbons (Fsp3) is 0.556. The van der Waals surface area contributed by atoms with Crippen LogP contribution in [-0.4, -0.2) is 65.8 Å². The maximum Gasteiger partial charge on any atom is 0.251 e. The van der Waals surface area contributed by atoms with Crippen LogP contribution in [0.15, 0.2) is 36.4 Å². The Morgan fingerprint density at radius 1 is 1.06 bits per heavy atom. The molecule has 1 aliphatic carbocycles. The van der Waals surface area contributed by atoms with Gasteiger partial charge in [0.1, 0.15) is 11.6 Å². The summed E-state index contributed by atoms with van der Waals surface area (Å²) in [5.74, 6) is 1.51. The van der Waals surface area contributed by atoms with Crippen LogP contribution in [0, 0.1) is 0 Å². The van der Waals surface area contributed by atoms with E-state index in [9.17, 15) is 9.90 Å². The van der Waals surface area contributed by atoms with Crippen molar-refractivity contribution in [1.82, 2.24) is 15.2 Å². The molecule has 3 N–H and O–H groups in total. The van der Waals surface area contributed by atoms with Crippen LogP contribution < -0.4 is 15.5 Å². The van der Waals surface area contributed by atoms with E-state index in [4.69, 9.17) is 4.98 Å². The smallest absolute Gasteiger partial charge is 0.251 e. The summed E-state index contributed by atoms with van der Waals surface area (Å²) in [6.45, 7) is 4.54. The lowest BCUT2D eigenvalue weighted by Crippen LogP contribution is -2.42. The number of nitrogens with one attached hydrogen (secondary N) is 2. The number of β-amino-alcohol motifs (C(OH)–C–C–N with tert-alkyl or cyclic N) is 1. The second kappa shape index (κ2) is 10.7. The molecule has 1 saturated carbocycles. The minimum Gasteiger partial charge on any atom is -0.390 e. The van der Waals surface area contributed by atoms with Crippen LogP contribution in [0.2, 0.25) is 0 Å². The monoisotopic (exact) mass is 463 g/mol. The Hall–Kier alpha value is -2.64. The lowest BCUT2D eigenvalue weighted by atomic mass is 9.93. The number of rotatable bonds is 8.